The minimum absolute atomic E-state index is 0.683. The number of hydrogen-bond donors (Lipinski definition) is 0. The van der Waals surface area contributed by atoms with Gasteiger partial charge in [-0.3, -0.25) is 0 Å². The highest BCUT2D eigenvalue weighted by molar-refractivity contribution is 7.25. The normalized spacial score (nSPS) is 16.7. The quantitative estimate of drug-likeness (QED) is 0.204. The number of rotatable bonds is 5. The number of benzene rings is 4. The summed E-state index contributed by atoms with van der Waals surface area (Å²) < 4.78 is 2.57. The maximum atomic E-state index is 5.08. The summed E-state index contributed by atoms with van der Waals surface area (Å²) in [5.74, 6) is 3.57. The van der Waals surface area contributed by atoms with Gasteiger partial charge in [-0.2, -0.15) is 0 Å². The van der Waals surface area contributed by atoms with Crippen molar-refractivity contribution >= 4 is 31.5 Å². The molecule has 0 spiro atoms. The van der Waals surface area contributed by atoms with E-state index >= 15 is 0 Å². The Morgan fingerprint density at radius 1 is 0.442 bits per heavy atom. The van der Waals surface area contributed by atoms with Crippen LogP contribution in [-0.2, 0) is 0 Å². The molecule has 2 saturated carbocycles. The van der Waals surface area contributed by atoms with Crippen LogP contribution in [0.4, 0.5) is 0 Å². The van der Waals surface area contributed by atoms with E-state index in [2.05, 4.69) is 91.0 Å². The fourth-order valence-electron chi connectivity index (χ4n) is 7.31. The van der Waals surface area contributed by atoms with Crippen molar-refractivity contribution in [1.82, 2.24) is 15.0 Å². The monoisotopic (exact) mass is 579 g/mol. The molecule has 2 aliphatic carbocycles. The SMILES string of the molecule is c1ccc2c(c1)sc1cc(-c3nc(-c4ccc(C5CCCCC5)cc4)nc(-c4ccc(C5CCCCC5)cc4)n3)ccc12. The Balaban J connectivity index is 1.20. The van der Waals surface area contributed by atoms with E-state index in [1.54, 1.807) is 0 Å². The molecule has 2 aliphatic rings. The van der Waals surface area contributed by atoms with Gasteiger partial charge in [0.2, 0.25) is 0 Å². The molecule has 8 rings (SSSR count). The summed E-state index contributed by atoms with van der Waals surface area (Å²) in [5, 5.41) is 2.60. The fraction of sp³-hybridized carbons (Fsp3) is 0.308. The lowest BCUT2D eigenvalue weighted by Gasteiger charge is -2.22. The summed E-state index contributed by atoms with van der Waals surface area (Å²) in [4.78, 5) is 15.2. The minimum Gasteiger partial charge on any atom is -0.208 e. The van der Waals surface area contributed by atoms with Gasteiger partial charge in [-0.25, -0.2) is 15.0 Å². The molecule has 0 aliphatic heterocycles. The van der Waals surface area contributed by atoms with Crippen LogP contribution < -0.4 is 0 Å². The Morgan fingerprint density at radius 2 is 0.907 bits per heavy atom. The third kappa shape index (κ3) is 5.38. The van der Waals surface area contributed by atoms with Crippen LogP contribution in [0.3, 0.4) is 0 Å². The standard InChI is InChI=1S/C39H37N3S/c1-3-9-26(10-4-1)28-15-19-30(20-16-28)37-40-38(31-21-17-29(18-22-31)27-11-5-2-6-12-27)42-39(41-37)32-23-24-34-33-13-7-8-14-35(33)43-36(34)25-32/h7-8,13-27H,1-6,9-12H2. The third-order valence-electron chi connectivity index (χ3n) is 9.76. The summed E-state index contributed by atoms with van der Waals surface area (Å²) >= 11 is 1.83. The Bertz CT molecular complexity index is 1800. The number of fused-ring (bicyclic) bond motifs is 3. The van der Waals surface area contributed by atoms with Gasteiger partial charge < -0.3 is 0 Å². The molecule has 4 heteroatoms. The van der Waals surface area contributed by atoms with Crippen molar-refractivity contribution in [2.24, 2.45) is 0 Å². The topological polar surface area (TPSA) is 38.7 Å². The largest absolute Gasteiger partial charge is 0.208 e. The van der Waals surface area contributed by atoms with Crippen molar-refractivity contribution in [2.45, 2.75) is 76.0 Å². The van der Waals surface area contributed by atoms with Gasteiger partial charge in [0.15, 0.2) is 17.5 Å². The van der Waals surface area contributed by atoms with E-state index in [9.17, 15) is 0 Å². The second kappa shape index (κ2) is 11.7. The zero-order valence-corrected chi connectivity index (χ0v) is 25.5. The van der Waals surface area contributed by atoms with Gasteiger partial charge in [-0.1, -0.05) is 117 Å². The Labute approximate surface area is 258 Å². The van der Waals surface area contributed by atoms with E-state index in [1.807, 2.05) is 11.3 Å². The van der Waals surface area contributed by atoms with Crippen molar-refractivity contribution < 1.29 is 0 Å². The third-order valence-corrected chi connectivity index (χ3v) is 10.9. The molecular formula is C39H37N3S. The summed E-state index contributed by atoms with van der Waals surface area (Å²) in [7, 11) is 0. The first kappa shape index (κ1) is 26.7. The maximum Gasteiger partial charge on any atom is 0.164 e. The summed E-state index contributed by atoms with van der Waals surface area (Å²) in [6.45, 7) is 0. The van der Waals surface area contributed by atoms with Crippen LogP contribution in [-0.4, -0.2) is 15.0 Å². The van der Waals surface area contributed by atoms with E-state index < -0.39 is 0 Å². The first-order valence-corrected chi connectivity index (χ1v) is 17.0. The van der Waals surface area contributed by atoms with Gasteiger partial charge >= 0.3 is 0 Å². The van der Waals surface area contributed by atoms with Crippen molar-refractivity contribution in [3.05, 3.63) is 102 Å². The number of nitrogens with zero attached hydrogens (tertiary/aromatic N) is 3. The summed E-state index contributed by atoms with van der Waals surface area (Å²) in [5.41, 5.74) is 6.02. The summed E-state index contributed by atoms with van der Waals surface area (Å²) in [6, 6.07) is 33.4. The van der Waals surface area contributed by atoms with E-state index in [0.717, 1.165) is 34.2 Å². The average Bonchev–Trinajstić information content (AvgIpc) is 3.47. The predicted octanol–water partition coefficient (Wildman–Crippen LogP) is 11.3. The highest BCUT2D eigenvalue weighted by Crippen LogP contribution is 2.38. The Kier molecular flexibility index (Phi) is 7.24. The first-order chi connectivity index (χ1) is 21.3. The number of thiophene rings is 1. The van der Waals surface area contributed by atoms with Crippen LogP contribution in [0.25, 0.3) is 54.3 Å². The van der Waals surface area contributed by atoms with E-state index in [-0.39, 0.29) is 0 Å². The van der Waals surface area contributed by atoms with Gasteiger partial charge in [0.25, 0.3) is 0 Å². The lowest BCUT2D eigenvalue weighted by molar-refractivity contribution is 0.443. The lowest BCUT2D eigenvalue weighted by Crippen LogP contribution is -2.05. The van der Waals surface area contributed by atoms with Crippen LogP contribution in [0.1, 0.15) is 87.2 Å². The zero-order valence-electron chi connectivity index (χ0n) is 24.6. The molecule has 43 heavy (non-hydrogen) atoms. The van der Waals surface area contributed by atoms with Gasteiger partial charge in [-0.05, 0) is 60.8 Å². The van der Waals surface area contributed by atoms with Crippen molar-refractivity contribution in [2.75, 3.05) is 0 Å². The van der Waals surface area contributed by atoms with Crippen LogP contribution in [0.15, 0.2) is 91.0 Å². The minimum atomic E-state index is 0.683. The predicted molar refractivity (Wildman–Crippen MR) is 181 cm³/mol. The molecule has 2 aromatic heterocycles. The first-order valence-electron chi connectivity index (χ1n) is 16.2. The molecular weight excluding hydrogens is 543 g/mol. The molecule has 6 aromatic rings. The average molecular weight is 580 g/mol. The molecule has 0 bridgehead atoms. The molecule has 0 saturated heterocycles. The second-order valence-corrected chi connectivity index (χ2v) is 13.6. The fourth-order valence-corrected chi connectivity index (χ4v) is 8.45. The van der Waals surface area contributed by atoms with Crippen molar-refractivity contribution in [3.8, 4) is 34.2 Å². The van der Waals surface area contributed by atoms with Crippen LogP contribution in [0.5, 0.6) is 0 Å². The van der Waals surface area contributed by atoms with Gasteiger partial charge in [-0.15, -0.1) is 11.3 Å². The van der Waals surface area contributed by atoms with E-state index in [1.165, 1.54) is 95.5 Å². The molecule has 0 unspecified atom stereocenters. The zero-order chi connectivity index (χ0) is 28.6. The van der Waals surface area contributed by atoms with Gasteiger partial charge in [0.1, 0.15) is 0 Å². The second-order valence-electron chi connectivity index (χ2n) is 12.5. The molecule has 2 fully saturated rings. The maximum absolute atomic E-state index is 5.08. The Morgan fingerprint density at radius 3 is 1.47 bits per heavy atom. The van der Waals surface area contributed by atoms with Crippen LogP contribution in [0, 0.1) is 0 Å². The molecule has 0 atom stereocenters. The molecule has 214 valence electrons. The highest BCUT2D eigenvalue weighted by atomic mass is 32.1. The highest BCUT2D eigenvalue weighted by Gasteiger charge is 2.19. The van der Waals surface area contributed by atoms with E-state index in [0.29, 0.717) is 11.8 Å². The molecule has 0 amide bonds. The molecule has 0 N–H and O–H groups in total. The molecule has 3 nitrogen and oxygen atoms in total. The smallest absolute Gasteiger partial charge is 0.164 e. The molecule has 0 radical (unpaired) electrons. The van der Waals surface area contributed by atoms with Crippen LogP contribution >= 0.6 is 11.3 Å². The molecule has 2 heterocycles. The lowest BCUT2D eigenvalue weighted by atomic mass is 9.84. The van der Waals surface area contributed by atoms with Crippen molar-refractivity contribution in [3.63, 3.8) is 0 Å². The van der Waals surface area contributed by atoms with Crippen LogP contribution in [0.2, 0.25) is 0 Å². The summed E-state index contributed by atoms with van der Waals surface area (Å²) in [6.07, 6.45) is 13.3. The number of hydrogen-bond acceptors (Lipinski definition) is 4. The number of aromatic nitrogens is 3. The van der Waals surface area contributed by atoms with Gasteiger partial charge in [0, 0.05) is 36.9 Å². The molecule has 4 aromatic carbocycles. The van der Waals surface area contributed by atoms with Gasteiger partial charge in [0.05, 0.1) is 0 Å². The van der Waals surface area contributed by atoms with Crippen molar-refractivity contribution in [1.29, 1.82) is 0 Å². The Hall–Kier alpha value is -3.89. The van der Waals surface area contributed by atoms with E-state index in [4.69, 9.17) is 15.0 Å².